The molecule has 6 nitrogen and oxygen atoms in total. The standard InChI is InChI=1S/C29H18F7N3O3S2/c30-22-21(29(34,35)36)23(31)25(33)26(24(22)32)39-20(40)14-44-18-8-6-17(7-9-18)37-28(42)19(12-15-10-11-43-13-15)38-27(41)16-4-2-1-3-5-16/h1-13H,14H2,(H,37,42)(H,38,41)(H,39,40)/b19-12-. The van der Waals surface area contributed by atoms with Crippen LogP contribution >= 0.6 is 23.1 Å². The maximum Gasteiger partial charge on any atom is 0.422 e. The molecule has 0 saturated carbocycles. The molecule has 4 rings (SSSR count). The summed E-state index contributed by atoms with van der Waals surface area (Å²) in [5, 5.41) is 10.3. The Kier molecular flexibility index (Phi) is 10.1. The minimum absolute atomic E-state index is 0.0389. The second-order valence-corrected chi connectivity index (χ2v) is 10.6. The van der Waals surface area contributed by atoms with Crippen LogP contribution in [0.2, 0.25) is 0 Å². The zero-order chi connectivity index (χ0) is 32.0. The van der Waals surface area contributed by atoms with Gasteiger partial charge in [0.15, 0.2) is 23.3 Å². The van der Waals surface area contributed by atoms with Gasteiger partial charge in [0.25, 0.3) is 11.8 Å². The van der Waals surface area contributed by atoms with Gasteiger partial charge in [0.1, 0.15) is 16.9 Å². The van der Waals surface area contributed by atoms with Gasteiger partial charge in [-0.2, -0.15) is 24.5 Å². The first-order valence-electron chi connectivity index (χ1n) is 12.2. The molecule has 0 fully saturated rings. The lowest BCUT2D eigenvalue weighted by atomic mass is 10.1. The summed E-state index contributed by atoms with van der Waals surface area (Å²) < 4.78 is 94.0. The van der Waals surface area contributed by atoms with Gasteiger partial charge in [0.2, 0.25) is 5.91 Å². The first-order valence-corrected chi connectivity index (χ1v) is 14.2. The average molecular weight is 654 g/mol. The number of amides is 3. The van der Waals surface area contributed by atoms with E-state index in [-0.39, 0.29) is 5.70 Å². The van der Waals surface area contributed by atoms with Crippen molar-refractivity contribution in [3.63, 3.8) is 0 Å². The van der Waals surface area contributed by atoms with E-state index in [0.717, 1.165) is 11.8 Å². The van der Waals surface area contributed by atoms with E-state index in [0.29, 0.717) is 21.7 Å². The summed E-state index contributed by atoms with van der Waals surface area (Å²) in [5.74, 6) is -13.0. The summed E-state index contributed by atoms with van der Waals surface area (Å²) in [5.41, 5.74) is -3.17. The van der Waals surface area contributed by atoms with E-state index < -0.39 is 64.2 Å². The number of anilines is 2. The number of benzene rings is 3. The van der Waals surface area contributed by atoms with Crippen LogP contribution in [0.15, 0.2) is 82.0 Å². The maximum absolute atomic E-state index is 14.1. The van der Waals surface area contributed by atoms with Crippen molar-refractivity contribution in [1.82, 2.24) is 5.32 Å². The zero-order valence-corrected chi connectivity index (χ0v) is 23.5. The highest BCUT2D eigenvalue weighted by atomic mass is 32.2. The van der Waals surface area contributed by atoms with Gasteiger partial charge in [-0.3, -0.25) is 14.4 Å². The molecular formula is C29H18F7N3O3S2. The first kappa shape index (κ1) is 32.3. The highest BCUT2D eigenvalue weighted by molar-refractivity contribution is 8.00. The SMILES string of the molecule is O=C(CSc1ccc(NC(=O)/C(=C/c2ccsc2)NC(=O)c2ccccc2)cc1)Nc1c(F)c(F)c(C(F)(F)F)c(F)c1F. The van der Waals surface area contributed by atoms with E-state index in [9.17, 15) is 45.1 Å². The number of nitrogens with one attached hydrogen (secondary N) is 3. The Bertz CT molecular complexity index is 1680. The summed E-state index contributed by atoms with van der Waals surface area (Å²) in [6, 6.07) is 15.9. The zero-order valence-electron chi connectivity index (χ0n) is 21.9. The fourth-order valence-electron chi connectivity index (χ4n) is 3.61. The second-order valence-electron chi connectivity index (χ2n) is 8.75. The van der Waals surface area contributed by atoms with Gasteiger partial charge in [0.05, 0.1) is 5.75 Å². The topological polar surface area (TPSA) is 87.3 Å². The molecule has 3 amide bonds. The largest absolute Gasteiger partial charge is 0.422 e. The lowest BCUT2D eigenvalue weighted by molar-refractivity contribution is -0.143. The third-order valence-electron chi connectivity index (χ3n) is 5.68. The third kappa shape index (κ3) is 7.85. The number of carbonyl (C=O) groups excluding carboxylic acids is 3. The molecule has 228 valence electrons. The maximum atomic E-state index is 14.1. The smallest absolute Gasteiger partial charge is 0.321 e. The van der Waals surface area contributed by atoms with Gasteiger partial charge in [-0.1, -0.05) is 18.2 Å². The van der Waals surface area contributed by atoms with Crippen LogP contribution in [-0.4, -0.2) is 23.5 Å². The van der Waals surface area contributed by atoms with Crippen molar-refractivity contribution in [3.8, 4) is 0 Å². The highest BCUT2D eigenvalue weighted by Crippen LogP contribution is 2.38. The molecule has 44 heavy (non-hydrogen) atoms. The Morgan fingerprint density at radius 1 is 0.818 bits per heavy atom. The lowest BCUT2D eigenvalue weighted by Gasteiger charge is -2.14. The number of rotatable bonds is 9. The molecule has 0 unspecified atom stereocenters. The summed E-state index contributed by atoms with van der Waals surface area (Å²) >= 11 is 2.21. The number of hydrogen-bond acceptors (Lipinski definition) is 5. The van der Waals surface area contributed by atoms with Crippen molar-refractivity contribution in [3.05, 3.63) is 117 Å². The van der Waals surface area contributed by atoms with Crippen LogP contribution in [0, 0.1) is 23.3 Å². The number of thiophene rings is 1. The molecule has 1 aromatic heterocycles. The summed E-state index contributed by atoms with van der Waals surface area (Å²) in [7, 11) is 0. The Balaban J connectivity index is 1.39. The third-order valence-corrected chi connectivity index (χ3v) is 7.39. The summed E-state index contributed by atoms with van der Waals surface area (Å²) in [4.78, 5) is 38.3. The number of hydrogen-bond donors (Lipinski definition) is 3. The Labute approximate surface area is 253 Å². The number of thioether (sulfide) groups is 1. The molecule has 0 atom stereocenters. The van der Waals surface area contributed by atoms with Crippen molar-refractivity contribution in [2.75, 3.05) is 16.4 Å². The van der Waals surface area contributed by atoms with Gasteiger partial charge in [-0.25, -0.2) is 17.6 Å². The molecule has 0 aliphatic heterocycles. The van der Waals surface area contributed by atoms with Crippen LogP contribution < -0.4 is 16.0 Å². The fourth-order valence-corrected chi connectivity index (χ4v) is 4.93. The Hall–Kier alpha value is -4.63. The number of alkyl halides is 3. The monoisotopic (exact) mass is 653 g/mol. The van der Waals surface area contributed by atoms with E-state index in [1.165, 1.54) is 41.7 Å². The number of carbonyl (C=O) groups is 3. The van der Waals surface area contributed by atoms with Crippen LogP contribution in [0.5, 0.6) is 0 Å². The quantitative estimate of drug-likeness (QED) is 0.0758. The molecule has 0 spiro atoms. The van der Waals surface area contributed by atoms with E-state index in [1.54, 1.807) is 52.5 Å². The molecule has 0 radical (unpaired) electrons. The molecule has 3 N–H and O–H groups in total. The van der Waals surface area contributed by atoms with Gasteiger partial charge in [0, 0.05) is 16.1 Å². The van der Waals surface area contributed by atoms with Gasteiger partial charge in [-0.15, -0.1) is 11.8 Å². The molecule has 15 heteroatoms. The van der Waals surface area contributed by atoms with E-state index in [4.69, 9.17) is 0 Å². The fraction of sp³-hybridized carbons (Fsp3) is 0.0690. The number of halogens is 7. The highest BCUT2D eigenvalue weighted by Gasteiger charge is 2.42. The van der Waals surface area contributed by atoms with E-state index >= 15 is 0 Å². The van der Waals surface area contributed by atoms with Gasteiger partial charge < -0.3 is 16.0 Å². The van der Waals surface area contributed by atoms with Crippen LogP contribution in [-0.2, 0) is 15.8 Å². The summed E-state index contributed by atoms with van der Waals surface area (Å²) in [6.45, 7) is 0. The minimum Gasteiger partial charge on any atom is -0.321 e. The van der Waals surface area contributed by atoms with Crippen LogP contribution in [0.4, 0.5) is 42.1 Å². The van der Waals surface area contributed by atoms with Crippen LogP contribution in [0.25, 0.3) is 6.08 Å². The van der Waals surface area contributed by atoms with Crippen LogP contribution in [0.3, 0.4) is 0 Å². The molecule has 4 aromatic rings. The minimum atomic E-state index is -5.71. The van der Waals surface area contributed by atoms with Crippen LogP contribution in [0.1, 0.15) is 21.5 Å². The molecule has 0 bridgehead atoms. The summed E-state index contributed by atoms with van der Waals surface area (Å²) in [6.07, 6.45) is -4.21. The predicted molar refractivity (Wildman–Crippen MR) is 152 cm³/mol. The van der Waals surface area contributed by atoms with E-state index in [1.807, 2.05) is 0 Å². The normalized spacial score (nSPS) is 11.7. The second kappa shape index (κ2) is 13.8. The van der Waals surface area contributed by atoms with E-state index in [2.05, 4.69) is 10.6 Å². The molecular weight excluding hydrogens is 635 g/mol. The average Bonchev–Trinajstić information content (AvgIpc) is 3.50. The van der Waals surface area contributed by atoms with Crippen molar-refractivity contribution in [2.45, 2.75) is 11.1 Å². The molecule has 1 heterocycles. The van der Waals surface area contributed by atoms with Gasteiger partial charge >= 0.3 is 6.18 Å². The van der Waals surface area contributed by atoms with Crippen molar-refractivity contribution < 1.29 is 45.1 Å². The molecule has 0 aliphatic carbocycles. The first-order chi connectivity index (χ1) is 20.8. The van der Waals surface area contributed by atoms with Crippen molar-refractivity contribution >= 4 is 58.3 Å². The Morgan fingerprint density at radius 3 is 2.02 bits per heavy atom. The lowest BCUT2D eigenvalue weighted by Crippen LogP contribution is -2.30. The van der Waals surface area contributed by atoms with Crippen molar-refractivity contribution in [2.24, 2.45) is 0 Å². The predicted octanol–water partition coefficient (Wildman–Crippen LogP) is 7.46. The van der Waals surface area contributed by atoms with Gasteiger partial charge in [-0.05, 0) is 64.9 Å². The Morgan fingerprint density at radius 2 is 1.45 bits per heavy atom. The molecule has 0 aliphatic rings. The van der Waals surface area contributed by atoms with Crippen molar-refractivity contribution in [1.29, 1.82) is 0 Å². The molecule has 3 aromatic carbocycles. The molecule has 0 saturated heterocycles.